The van der Waals surface area contributed by atoms with Gasteiger partial charge in [-0.15, -0.1) is 0 Å². The average molecular weight is 459 g/mol. The van der Waals surface area contributed by atoms with Gasteiger partial charge in [-0.1, -0.05) is 35.9 Å². The first-order valence-electron chi connectivity index (χ1n) is 10.4. The quantitative estimate of drug-likeness (QED) is 0.422. The minimum Gasteiger partial charge on any atom is -0.427 e. The van der Waals surface area contributed by atoms with Crippen molar-refractivity contribution in [2.75, 3.05) is 13.2 Å². The fourth-order valence-electron chi connectivity index (χ4n) is 4.21. The maximum atomic E-state index is 14.2. The van der Waals surface area contributed by atoms with Crippen LogP contribution in [0.1, 0.15) is 18.4 Å². The van der Waals surface area contributed by atoms with Gasteiger partial charge in [0.05, 0.1) is 5.41 Å². The van der Waals surface area contributed by atoms with E-state index in [1.54, 1.807) is 18.2 Å². The Bertz CT molecular complexity index is 962. The van der Waals surface area contributed by atoms with Crippen LogP contribution in [-0.4, -0.2) is 60.8 Å². The monoisotopic (exact) mass is 458 g/mol. The number of rotatable bonds is 10. The van der Waals surface area contributed by atoms with Crippen LogP contribution >= 0.6 is 11.6 Å². The number of carbonyl (C=O) groups excluding carboxylic acids is 2. The third-order valence-corrected chi connectivity index (χ3v) is 6.02. The molecule has 1 aliphatic heterocycles. The lowest BCUT2D eigenvalue weighted by atomic mass is 9.80. The third-order valence-electron chi connectivity index (χ3n) is 5.79. The number of aliphatic hydroxyl groups is 1. The maximum Gasteiger partial charge on any atom is 0.450 e. The lowest BCUT2D eigenvalue weighted by Gasteiger charge is -2.27. The van der Waals surface area contributed by atoms with E-state index < -0.39 is 12.5 Å². The normalized spacial score (nSPS) is 20.5. The molecule has 3 rings (SSSR count). The molecule has 1 fully saturated rings. The van der Waals surface area contributed by atoms with Gasteiger partial charge in [0.2, 0.25) is 5.91 Å². The van der Waals surface area contributed by atoms with E-state index in [1.165, 1.54) is 31.2 Å². The van der Waals surface area contributed by atoms with E-state index in [2.05, 4.69) is 0 Å². The van der Waals surface area contributed by atoms with Crippen LogP contribution in [0, 0.1) is 11.2 Å². The van der Waals surface area contributed by atoms with Gasteiger partial charge >= 0.3 is 14.5 Å². The highest BCUT2D eigenvalue weighted by Gasteiger charge is 2.51. The fraction of sp³-hybridized carbons (Fsp3) is 0.364. The van der Waals surface area contributed by atoms with Crippen LogP contribution < -0.4 is 0 Å². The standard InChI is InChI=1S/C22H24B2ClFNO5/c1-24(31)32-13-22(8-9-28)12-18(27(21(22)30)23-14-29)10-15-2-4-16(5-3-15)19-11-17(25)6-7-20(19)26/h2-7,11,14,18,28,31H,8-10,12-13H2,1H3/t18-,22?/m1/s1. The van der Waals surface area contributed by atoms with Crippen molar-refractivity contribution in [1.82, 2.24) is 4.81 Å². The predicted molar refractivity (Wildman–Crippen MR) is 122 cm³/mol. The van der Waals surface area contributed by atoms with Gasteiger partial charge in [0, 0.05) is 29.8 Å². The van der Waals surface area contributed by atoms with Gasteiger partial charge in [0.1, 0.15) is 12.0 Å². The van der Waals surface area contributed by atoms with Gasteiger partial charge < -0.3 is 24.4 Å². The van der Waals surface area contributed by atoms with Crippen molar-refractivity contribution in [2.45, 2.75) is 32.1 Å². The van der Waals surface area contributed by atoms with E-state index >= 15 is 0 Å². The molecule has 1 amide bonds. The molecule has 1 aliphatic rings. The summed E-state index contributed by atoms with van der Waals surface area (Å²) in [5.74, 6) is -0.691. The zero-order valence-corrected chi connectivity index (χ0v) is 18.5. The summed E-state index contributed by atoms with van der Waals surface area (Å²) in [5, 5.41) is 19.5. The zero-order valence-electron chi connectivity index (χ0n) is 17.7. The Morgan fingerprint density at radius 3 is 2.69 bits per heavy atom. The van der Waals surface area contributed by atoms with Gasteiger partial charge in [-0.05, 0) is 55.4 Å². The van der Waals surface area contributed by atoms with Crippen molar-refractivity contribution in [2.24, 2.45) is 5.41 Å². The van der Waals surface area contributed by atoms with Gasteiger partial charge in [-0.2, -0.15) is 0 Å². The zero-order chi connectivity index (χ0) is 23.3. The average Bonchev–Trinajstić information content (AvgIpc) is 3.01. The second-order valence-electron chi connectivity index (χ2n) is 8.04. The molecular weight excluding hydrogens is 434 g/mol. The van der Waals surface area contributed by atoms with E-state index in [-0.39, 0.29) is 37.4 Å². The van der Waals surface area contributed by atoms with Gasteiger partial charge in [-0.3, -0.25) is 4.79 Å². The first-order valence-corrected chi connectivity index (χ1v) is 10.7. The number of benzene rings is 2. The molecule has 1 heterocycles. The highest BCUT2D eigenvalue weighted by Crippen LogP contribution is 2.40. The van der Waals surface area contributed by atoms with Gasteiger partial charge in [0.15, 0.2) is 0 Å². The molecule has 2 atom stereocenters. The largest absolute Gasteiger partial charge is 0.450 e. The van der Waals surface area contributed by atoms with Gasteiger partial charge in [-0.25, -0.2) is 4.39 Å². The maximum absolute atomic E-state index is 14.2. The van der Waals surface area contributed by atoms with E-state index in [9.17, 15) is 24.1 Å². The predicted octanol–water partition coefficient (Wildman–Crippen LogP) is 2.59. The summed E-state index contributed by atoms with van der Waals surface area (Å²) in [6.45, 7) is 1.16. The number of carbonyl (C=O) groups is 2. The van der Waals surface area contributed by atoms with Crippen LogP contribution in [0.3, 0.4) is 0 Å². The number of amides is 1. The van der Waals surface area contributed by atoms with Crippen molar-refractivity contribution in [3.05, 3.63) is 58.9 Å². The summed E-state index contributed by atoms with van der Waals surface area (Å²) in [7, 11) is 0.143. The summed E-state index contributed by atoms with van der Waals surface area (Å²) in [4.78, 5) is 25.7. The first-order chi connectivity index (χ1) is 15.3. The Morgan fingerprint density at radius 2 is 2.06 bits per heavy atom. The molecule has 10 heteroatoms. The molecule has 1 saturated heterocycles. The topological polar surface area (TPSA) is 87.1 Å². The van der Waals surface area contributed by atoms with Crippen molar-refractivity contribution in [3.8, 4) is 11.1 Å². The van der Waals surface area contributed by atoms with Crippen molar-refractivity contribution in [3.63, 3.8) is 0 Å². The third kappa shape index (κ3) is 5.41. The second-order valence-corrected chi connectivity index (χ2v) is 8.48. The van der Waals surface area contributed by atoms with Crippen molar-refractivity contribution < 1.29 is 28.8 Å². The highest BCUT2D eigenvalue weighted by atomic mass is 35.5. The van der Waals surface area contributed by atoms with Crippen LogP contribution in [0.5, 0.6) is 0 Å². The van der Waals surface area contributed by atoms with E-state index in [4.69, 9.17) is 16.3 Å². The van der Waals surface area contributed by atoms with E-state index in [0.717, 1.165) is 5.56 Å². The van der Waals surface area contributed by atoms with Crippen molar-refractivity contribution in [1.29, 1.82) is 0 Å². The molecule has 0 saturated carbocycles. The molecule has 167 valence electrons. The Balaban J connectivity index is 1.82. The molecule has 1 unspecified atom stereocenters. The summed E-state index contributed by atoms with van der Waals surface area (Å²) in [6.07, 6.45) is 1.52. The highest BCUT2D eigenvalue weighted by molar-refractivity contribution is 6.66. The smallest absolute Gasteiger partial charge is 0.427 e. The second kappa shape index (κ2) is 10.6. The fourth-order valence-corrected chi connectivity index (χ4v) is 4.38. The first kappa shape index (κ1) is 24.5. The summed E-state index contributed by atoms with van der Waals surface area (Å²) >= 11 is 5.99. The molecule has 0 aromatic heterocycles. The minimum absolute atomic E-state index is 0.0588. The Hall–Kier alpha value is -2.19. The minimum atomic E-state index is -1.06. The summed E-state index contributed by atoms with van der Waals surface area (Å²) in [6, 6.07) is 11.3. The number of halogens is 2. The Kier molecular flexibility index (Phi) is 8.11. The molecule has 0 bridgehead atoms. The molecular formula is C22H24B2ClFNO5. The number of nitrogens with zero attached hydrogens (tertiary/aromatic N) is 1. The molecule has 0 aliphatic carbocycles. The number of hydrogen-bond acceptors (Lipinski definition) is 5. The Morgan fingerprint density at radius 1 is 1.34 bits per heavy atom. The molecule has 6 nitrogen and oxygen atoms in total. The number of aliphatic hydroxyl groups excluding tert-OH is 1. The van der Waals surface area contributed by atoms with Crippen molar-refractivity contribution >= 4 is 38.2 Å². The van der Waals surface area contributed by atoms with Crippen LogP contribution in [-0.2, 0) is 20.7 Å². The van der Waals surface area contributed by atoms with Crippen LogP contribution in [0.25, 0.3) is 11.1 Å². The molecule has 0 spiro atoms. The molecule has 32 heavy (non-hydrogen) atoms. The van der Waals surface area contributed by atoms with Crippen LogP contribution in [0.4, 0.5) is 4.39 Å². The lowest BCUT2D eigenvalue weighted by molar-refractivity contribution is -0.135. The molecule has 2 aromatic rings. The van der Waals surface area contributed by atoms with Crippen LogP contribution in [0.2, 0.25) is 11.8 Å². The molecule has 1 radical (unpaired) electrons. The van der Waals surface area contributed by atoms with Crippen LogP contribution in [0.15, 0.2) is 42.5 Å². The number of hydrogen-bond donors (Lipinski definition) is 2. The molecule has 2 N–H and O–H groups in total. The van der Waals surface area contributed by atoms with Gasteiger partial charge in [0.25, 0.3) is 0 Å². The lowest BCUT2D eigenvalue weighted by Crippen LogP contribution is -2.43. The van der Waals surface area contributed by atoms with E-state index in [0.29, 0.717) is 35.2 Å². The summed E-state index contributed by atoms with van der Waals surface area (Å²) < 4.78 is 19.5. The van der Waals surface area contributed by atoms with E-state index in [1.807, 2.05) is 12.1 Å². The SMILES string of the molecule is CB(O)OCC1(CCO)C[C@@H](Cc2ccc(-c3cc(Cl)ccc3F)cc2)N([B]C=O)C1=O. The molecule has 2 aromatic carbocycles. The summed E-state index contributed by atoms with van der Waals surface area (Å²) in [5.41, 5.74) is 0.940. The Labute approximate surface area is 192 Å².